The number of piperidine rings is 1. The molecule has 1 fully saturated rings. The van der Waals surface area contributed by atoms with Crippen molar-refractivity contribution in [3.8, 4) is 5.75 Å². The van der Waals surface area contributed by atoms with E-state index in [1.165, 1.54) is 6.26 Å². The van der Waals surface area contributed by atoms with E-state index < -0.39 is 0 Å². The zero-order chi connectivity index (χ0) is 23.0. The van der Waals surface area contributed by atoms with Gasteiger partial charge in [0.25, 0.3) is 11.8 Å². The Labute approximate surface area is 184 Å². The van der Waals surface area contributed by atoms with Crippen molar-refractivity contribution < 1.29 is 19.1 Å². The molecule has 2 aromatic rings. The molecule has 0 aliphatic carbocycles. The Balaban J connectivity index is 1.73. The number of aromatic hydroxyl groups is 1. The molecule has 1 aromatic carbocycles. The summed E-state index contributed by atoms with van der Waals surface area (Å²) < 4.78 is 5.20. The summed E-state index contributed by atoms with van der Waals surface area (Å²) >= 11 is 0. The largest absolute Gasteiger partial charge is 0.507 e. The summed E-state index contributed by atoms with van der Waals surface area (Å²) in [6.45, 7) is 13.3. The normalized spacial score (nSPS) is 15.7. The lowest BCUT2D eigenvalue weighted by molar-refractivity contribution is 0.0667. The monoisotopic (exact) mass is 426 g/mol. The number of phenolic OH excluding ortho intramolecular Hbond substituents is 1. The fourth-order valence-electron chi connectivity index (χ4n) is 3.96. The van der Waals surface area contributed by atoms with Gasteiger partial charge in [-0.05, 0) is 47.9 Å². The van der Waals surface area contributed by atoms with E-state index in [2.05, 4.69) is 5.32 Å². The molecule has 0 bridgehead atoms. The second-order valence-electron chi connectivity index (χ2n) is 10.4. The number of nitrogens with one attached hydrogen (secondary N) is 1. The van der Waals surface area contributed by atoms with Crippen LogP contribution in [0.3, 0.4) is 0 Å². The fourth-order valence-corrected chi connectivity index (χ4v) is 3.96. The molecule has 168 valence electrons. The maximum Gasteiger partial charge on any atom is 0.289 e. The number of amides is 2. The maximum atomic E-state index is 13.1. The number of carbonyl (C=O) groups excluding carboxylic acids is 2. The first kappa shape index (κ1) is 22.9. The van der Waals surface area contributed by atoms with Crippen LogP contribution in [-0.2, 0) is 10.8 Å². The van der Waals surface area contributed by atoms with Crippen LogP contribution < -0.4 is 5.32 Å². The highest BCUT2D eigenvalue weighted by Gasteiger charge is 2.29. The molecule has 1 saturated heterocycles. The number of benzene rings is 1. The van der Waals surface area contributed by atoms with E-state index in [9.17, 15) is 14.7 Å². The van der Waals surface area contributed by atoms with Gasteiger partial charge in [-0.25, -0.2) is 0 Å². The molecule has 2 heterocycles. The molecule has 6 nitrogen and oxygen atoms in total. The third-order valence-corrected chi connectivity index (χ3v) is 5.84. The summed E-state index contributed by atoms with van der Waals surface area (Å²) in [5.74, 6) is 0.349. The van der Waals surface area contributed by atoms with Crippen molar-refractivity contribution in [3.05, 3.63) is 53.0 Å². The number of phenols is 1. The maximum absolute atomic E-state index is 13.1. The SMILES string of the molecule is CC(C)(C)c1cc(C(=O)NC2CCN(C(=O)c3ccco3)CC2)cc(C(C)(C)C)c1O. The minimum absolute atomic E-state index is 0.00173. The Bertz CT molecular complexity index is 906. The number of furan rings is 1. The topological polar surface area (TPSA) is 82.8 Å². The van der Waals surface area contributed by atoms with Crippen molar-refractivity contribution in [1.82, 2.24) is 10.2 Å². The van der Waals surface area contributed by atoms with E-state index in [-0.39, 0.29) is 34.4 Å². The summed E-state index contributed by atoms with van der Waals surface area (Å²) in [5.41, 5.74) is 1.50. The molecule has 2 amide bonds. The number of rotatable bonds is 3. The lowest BCUT2D eigenvalue weighted by Gasteiger charge is -2.32. The Morgan fingerprint density at radius 3 is 2.03 bits per heavy atom. The molecule has 1 aliphatic rings. The number of carbonyl (C=O) groups is 2. The van der Waals surface area contributed by atoms with Crippen molar-refractivity contribution in [2.24, 2.45) is 0 Å². The highest BCUT2D eigenvalue weighted by Crippen LogP contribution is 2.39. The molecule has 6 heteroatoms. The second-order valence-corrected chi connectivity index (χ2v) is 10.4. The van der Waals surface area contributed by atoms with Crippen LogP contribution in [0.4, 0.5) is 0 Å². The van der Waals surface area contributed by atoms with E-state index in [0.29, 0.717) is 37.3 Å². The molecule has 3 rings (SSSR count). The van der Waals surface area contributed by atoms with E-state index >= 15 is 0 Å². The molecule has 1 aromatic heterocycles. The van der Waals surface area contributed by atoms with Crippen molar-refractivity contribution >= 4 is 11.8 Å². The molecule has 0 radical (unpaired) electrons. The van der Waals surface area contributed by atoms with Crippen LogP contribution in [-0.4, -0.2) is 41.0 Å². The zero-order valence-corrected chi connectivity index (χ0v) is 19.4. The molecule has 0 saturated carbocycles. The van der Waals surface area contributed by atoms with Gasteiger partial charge >= 0.3 is 0 Å². The average molecular weight is 427 g/mol. The summed E-state index contributed by atoms with van der Waals surface area (Å²) in [4.78, 5) is 27.3. The van der Waals surface area contributed by atoms with Gasteiger partial charge < -0.3 is 19.7 Å². The van der Waals surface area contributed by atoms with Crippen LogP contribution in [0.2, 0.25) is 0 Å². The summed E-state index contributed by atoms with van der Waals surface area (Å²) in [7, 11) is 0. The van der Waals surface area contributed by atoms with E-state index in [4.69, 9.17) is 4.42 Å². The molecule has 2 N–H and O–H groups in total. The first-order valence-electron chi connectivity index (χ1n) is 10.9. The van der Waals surface area contributed by atoms with Crippen LogP contribution >= 0.6 is 0 Å². The Morgan fingerprint density at radius 2 is 1.58 bits per heavy atom. The van der Waals surface area contributed by atoms with Crippen LogP contribution in [0.25, 0.3) is 0 Å². The Morgan fingerprint density at radius 1 is 1.03 bits per heavy atom. The number of likely N-dealkylation sites (tertiary alicyclic amines) is 1. The molecule has 1 aliphatic heterocycles. The smallest absolute Gasteiger partial charge is 0.289 e. The second kappa shape index (κ2) is 8.40. The standard InChI is InChI=1S/C25H34N2O4/c1-24(2,3)18-14-16(15-19(21(18)28)25(4,5)6)22(29)26-17-9-11-27(12-10-17)23(30)20-8-7-13-31-20/h7-8,13-15,17,28H,9-12H2,1-6H3,(H,26,29). The highest BCUT2D eigenvalue weighted by molar-refractivity contribution is 5.95. The van der Waals surface area contributed by atoms with Gasteiger partial charge in [-0.15, -0.1) is 0 Å². The van der Waals surface area contributed by atoms with Crippen molar-refractivity contribution in [1.29, 1.82) is 0 Å². The van der Waals surface area contributed by atoms with Crippen molar-refractivity contribution in [2.75, 3.05) is 13.1 Å². The van der Waals surface area contributed by atoms with Gasteiger partial charge in [0.2, 0.25) is 0 Å². The molecular weight excluding hydrogens is 392 g/mol. The Kier molecular flexibility index (Phi) is 6.21. The van der Waals surface area contributed by atoms with Crippen molar-refractivity contribution in [2.45, 2.75) is 71.3 Å². The molecule has 0 spiro atoms. The average Bonchev–Trinajstić information content (AvgIpc) is 3.21. The van der Waals surface area contributed by atoms with E-state index in [1.807, 2.05) is 41.5 Å². The molecule has 0 atom stereocenters. The summed E-state index contributed by atoms with van der Waals surface area (Å²) in [5, 5.41) is 14.0. The third kappa shape index (κ3) is 5.12. The van der Waals surface area contributed by atoms with Crippen LogP contribution in [0.15, 0.2) is 34.9 Å². The van der Waals surface area contributed by atoms with Crippen LogP contribution in [0, 0.1) is 0 Å². The molecule has 31 heavy (non-hydrogen) atoms. The van der Waals surface area contributed by atoms with Gasteiger partial charge in [0.05, 0.1) is 6.26 Å². The lowest BCUT2D eigenvalue weighted by atomic mass is 9.78. The van der Waals surface area contributed by atoms with Gasteiger partial charge in [0.1, 0.15) is 5.75 Å². The highest BCUT2D eigenvalue weighted by atomic mass is 16.3. The van der Waals surface area contributed by atoms with E-state index in [0.717, 1.165) is 11.1 Å². The zero-order valence-electron chi connectivity index (χ0n) is 19.4. The lowest BCUT2D eigenvalue weighted by Crippen LogP contribution is -2.46. The number of hydrogen-bond donors (Lipinski definition) is 2. The minimum Gasteiger partial charge on any atom is -0.507 e. The van der Waals surface area contributed by atoms with E-state index in [1.54, 1.807) is 29.2 Å². The van der Waals surface area contributed by atoms with Gasteiger partial charge in [-0.2, -0.15) is 0 Å². The summed E-state index contributed by atoms with van der Waals surface area (Å²) in [6, 6.07) is 6.97. The van der Waals surface area contributed by atoms with Gasteiger partial charge in [0.15, 0.2) is 5.76 Å². The number of nitrogens with zero attached hydrogens (tertiary/aromatic N) is 1. The number of hydrogen-bond acceptors (Lipinski definition) is 4. The Hall–Kier alpha value is -2.76. The molecule has 0 unspecified atom stereocenters. The predicted molar refractivity (Wildman–Crippen MR) is 121 cm³/mol. The third-order valence-electron chi connectivity index (χ3n) is 5.84. The van der Waals surface area contributed by atoms with Crippen LogP contribution in [0.1, 0.15) is 86.4 Å². The van der Waals surface area contributed by atoms with Gasteiger partial charge in [0, 0.05) is 35.8 Å². The quantitative estimate of drug-likeness (QED) is 0.751. The fraction of sp³-hybridized carbons (Fsp3) is 0.520. The first-order valence-corrected chi connectivity index (χ1v) is 10.9. The van der Waals surface area contributed by atoms with Crippen LogP contribution in [0.5, 0.6) is 5.75 Å². The van der Waals surface area contributed by atoms with Gasteiger partial charge in [-0.1, -0.05) is 41.5 Å². The predicted octanol–water partition coefficient (Wildman–Crippen LogP) is 4.61. The first-order chi connectivity index (χ1) is 14.4. The summed E-state index contributed by atoms with van der Waals surface area (Å²) in [6.07, 6.45) is 2.87. The van der Waals surface area contributed by atoms with Crippen molar-refractivity contribution in [3.63, 3.8) is 0 Å². The van der Waals surface area contributed by atoms with Gasteiger partial charge in [-0.3, -0.25) is 9.59 Å². The minimum atomic E-state index is -0.294. The molecular formula is C25H34N2O4.